The molecule has 0 saturated heterocycles. The summed E-state index contributed by atoms with van der Waals surface area (Å²) in [5.41, 5.74) is 3.92. The molecule has 0 saturated carbocycles. The first kappa shape index (κ1) is 22.5. The van der Waals surface area contributed by atoms with Crippen molar-refractivity contribution in [1.29, 1.82) is 0 Å². The number of amides is 1. The minimum atomic E-state index is -3.75. The Hall–Kier alpha value is -2.74. The molecule has 1 N–H and O–H groups in total. The molecule has 8 heteroatoms. The number of anilines is 2. The van der Waals surface area contributed by atoms with Gasteiger partial charge in [0, 0.05) is 11.8 Å². The van der Waals surface area contributed by atoms with Gasteiger partial charge in [-0.1, -0.05) is 17.7 Å². The third-order valence-electron chi connectivity index (χ3n) is 4.64. The predicted octanol–water partition coefficient (Wildman–Crippen LogP) is 3.42. The van der Waals surface area contributed by atoms with Crippen molar-refractivity contribution in [1.82, 2.24) is 0 Å². The SMILES string of the molecule is COc1ccc(N(C(C)C(=O)Nc2c(C)cc(C)cc2C)S(C)(=O)=O)cc1OC. The summed E-state index contributed by atoms with van der Waals surface area (Å²) in [6.07, 6.45) is 1.07. The van der Waals surface area contributed by atoms with E-state index in [0.29, 0.717) is 22.9 Å². The molecule has 0 aromatic heterocycles. The number of carbonyl (C=O) groups excluding carboxylic acids is 1. The summed E-state index contributed by atoms with van der Waals surface area (Å²) in [4.78, 5) is 13.0. The van der Waals surface area contributed by atoms with Crippen LogP contribution in [0.4, 0.5) is 11.4 Å². The number of benzene rings is 2. The van der Waals surface area contributed by atoms with Crippen molar-refractivity contribution in [3.8, 4) is 11.5 Å². The number of ether oxygens (including phenoxy) is 2. The molecule has 0 spiro atoms. The van der Waals surface area contributed by atoms with Crippen LogP contribution in [0.2, 0.25) is 0 Å². The molecule has 0 aliphatic rings. The van der Waals surface area contributed by atoms with Gasteiger partial charge in [-0.05, 0) is 51.0 Å². The van der Waals surface area contributed by atoms with Crippen molar-refractivity contribution in [3.63, 3.8) is 0 Å². The predicted molar refractivity (Wildman–Crippen MR) is 116 cm³/mol. The molecule has 1 atom stereocenters. The number of carbonyl (C=O) groups is 1. The number of nitrogens with zero attached hydrogens (tertiary/aromatic N) is 1. The van der Waals surface area contributed by atoms with E-state index in [1.807, 2.05) is 32.9 Å². The Morgan fingerprint density at radius 2 is 1.55 bits per heavy atom. The maximum Gasteiger partial charge on any atom is 0.248 e. The summed E-state index contributed by atoms with van der Waals surface area (Å²) in [6.45, 7) is 7.34. The van der Waals surface area contributed by atoms with Crippen molar-refractivity contribution >= 4 is 27.3 Å². The zero-order valence-corrected chi connectivity index (χ0v) is 18.7. The van der Waals surface area contributed by atoms with Crippen molar-refractivity contribution in [2.45, 2.75) is 33.7 Å². The molecule has 1 amide bonds. The van der Waals surface area contributed by atoms with E-state index in [1.54, 1.807) is 19.1 Å². The second-order valence-corrected chi connectivity index (χ2v) is 8.90. The zero-order valence-electron chi connectivity index (χ0n) is 17.9. The Balaban J connectivity index is 2.42. The van der Waals surface area contributed by atoms with Gasteiger partial charge >= 0.3 is 0 Å². The first-order valence-corrected chi connectivity index (χ1v) is 10.9. The minimum Gasteiger partial charge on any atom is -0.493 e. The van der Waals surface area contributed by atoms with Crippen molar-refractivity contribution in [3.05, 3.63) is 47.0 Å². The monoisotopic (exact) mass is 420 g/mol. The lowest BCUT2D eigenvalue weighted by atomic mass is 10.0. The fraction of sp³-hybridized carbons (Fsp3) is 0.381. The smallest absolute Gasteiger partial charge is 0.248 e. The van der Waals surface area contributed by atoms with Crippen LogP contribution in [0.15, 0.2) is 30.3 Å². The van der Waals surface area contributed by atoms with Crippen LogP contribution in [0.5, 0.6) is 11.5 Å². The Kier molecular flexibility index (Phi) is 6.79. The standard InChI is InChI=1S/C21H28N2O5S/c1-13-10-14(2)20(15(3)11-13)22-21(24)16(4)23(29(7,25)26)17-8-9-18(27-5)19(12-17)28-6/h8-12,16H,1-7H3,(H,22,24). The average Bonchev–Trinajstić information content (AvgIpc) is 2.63. The highest BCUT2D eigenvalue weighted by Gasteiger charge is 2.30. The zero-order chi connectivity index (χ0) is 21.9. The van der Waals surface area contributed by atoms with E-state index in [2.05, 4.69) is 5.32 Å². The number of nitrogens with one attached hydrogen (secondary N) is 1. The molecule has 2 rings (SSSR count). The second kappa shape index (κ2) is 8.73. The summed E-state index contributed by atoms with van der Waals surface area (Å²) in [6, 6.07) is 7.67. The Morgan fingerprint density at radius 3 is 2.03 bits per heavy atom. The van der Waals surface area contributed by atoms with E-state index in [-0.39, 0.29) is 0 Å². The lowest BCUT2D eigenvalue weighted by Gasteiger charge is -2.29. The highest BCUT2D eigenvalue weighted by atomic mass is 32.2. The molecule has 0 bridgehead atoms. The molecule has 2 aromatic rings. The van der Waals surface area contributed by atoms with Gasteiger partial charge in [0.25, 0.3) is 0 Å². The maximum atomic E-state index is 13.0. The molecular formula is C21H28N2O5S. The van der Waals surface area contributed by atoms with Crippen LogP contribution in [0.25, 0.3) is 0 Å². The molecule has 0 radical (unpaired) electrons. The second-order valence-electron chi connectivity index (χ2n) is 7.04. The summed E-state index contributed by atoms with van der Waals surface area (Å²) in [5, 5.41) is 2.88. The first-order valence-electron chi connectivity index (χ1n) is 9.09. The van der Waals surface area contributed by atoms with Gasteiger partial charge < -0.3 is 14.8 Å². The van der Waals surface area contributed by atoms with Crippen molar-refractivity contribution < 1.29 is 22.7 Å². The first-order chi connectivity index (χ1) is 13.5. The number of aryl methyl sites for hydroxylation is 3. The van der Waals surface area contributed by atoms with E-state index in [1.165, 1.54) is 20.3 Å². The molecule has 1 unspecified atom stereocenters. The maximum absolute atomic E-state index is 13.0. The van der Waals surface area contributed by atoms with Crippen molar-refractivity contribution in [2.75, 3.05) is 30.1 Å². The quantitative estimate of drug-likeness (QED) is 0.742. The van der Waals surface area contributed by atoms with Crippen LogP contribution in [0.3, 0.4) is 0 Å². The van der Waals surface area contributed by atoms with Crippen LogP contribution in [0.1, 0.15) is 23.6 Å². The van der Waals surface area contributed by atoms with Gasteiger partial charge in [-0.3, -0.25) is 9.10 Å². The van der Waals surface area contributed by atoms with Crippen LogP contribution in [-0.4, -0.2) is 40.8 Å². The fourth-order valence-corrected chi connectivity index (χ4v) is 4.54. The van der Waals surface area contributed by atoms with E-state index in [0.717, 1.165) is 27.3 Å². The van der Waals surface area contributed by atoms with E-state index in [9.17, 15) is 13.2 Å². The summed E-state index contributed by atoms with van der Waals surface area (Å²) >= 11 is 0. The van der Waals surface area contributed by atoms with E-state index < -0.39 is 22.0 Å². The van der Waals surface area contributed by atoms with Crippen LogP contribution in [0, 0.1) is 20.8 Å². The third-order valence-corrected chi connectivity index (χ3v) is 5.88. The summed E-state index contributed by atoms with van der Waals surface area (Å²) < 4.78 is 36.6. The Labute approximate surface area is 172 Å². The molecular weight excluding hydrogens is 392 g/mol. The van der Waals surface area contributed by atoms with Gasteiger partial charge in [0.15, 0.2) is 11.5 Å². The Bertz CT molecular complexity index is 995. The minimum absolute atomic E-state index is 0.310. The average molecular weight is 421 g/mol. The van der Waals surface area contributed by atoms with Gasteiger partial charge in [-0.2, -0.15) is 0 Å². The van der Waals surface area contributed by atoms with Crippen LogP contribution >= 0.6 is 0 Å². The fourth-order valence-electron chi connectivity index (χ4n) is 3.38. The molecule has 0 aliphatic carbocycles. The lowest BCUT2D eigenvalue weighted by molar-refractivity contribution is -0.116. The third kappa shape index (κ3) is 5.00. The van der Waals surface area contributed by atoms with E-state index in [4.69, 9.17) is 9.47 Å². The number of sulfonamides is 1. The lowest BCUT2D eigenvalue weighted by Crippen LogP contribution is -2.45. The van der Waals surface area contributed by atoms with Gasteiger partial charge in [0.2, 0.25) is 15.9 Å². The molecule has 7 nitrogen and oxygen atoms in total. The largest absolute Gasteiger partial charge is 0.493 e. The molecule has 0 fully saturated rings. The molecule has 2 aromatic carbocycles. The van der Waals surface area contributed by atoms with Crippen LogP contribution in [-0.2, 0) is 14.8 Å². The molecule has 158 valence electrons. The number of rotatable bonds is 7. The number of methoxy groups -OCH3 is 2. The molecule has 0 aliphatic heterocycles. The summed E-state index contributed by atoms with van der Waals surface area (Å²) in [7, 11) is -0.792. The molecule has 29 heavy (non-hydrogen) atoms. The van der Waals surface area contributed by atoms with Crippen LogP contribution < -0.4 is 19.1 Å². The topological polar surface area (TPSA) is 84.9 Å². The van der Waals surface area contributed by atoms with Gasteiger partial charge in [0.1, 0.15) is 6.04 Å². The highest BCUT2D eigenvalue weighted by Crippen LogP contribution is 2.33. The van der Waals surface area contributed by atoms with Gasteiger partial charge in [0.05, 0.1) is 26.2 Å². The normalized spacial score (nSPS) is 12.2. The molecule has 0 heterocycles. The van der Waals surface area contributed by atoms with Gasteiger partial charge in [-0.15, -0.1) is 0 Å². The highest BCUT2D eigenvalue weighted by molar-refractivity contribution is 7.92. The number of hydrogen-bond donors (Lipinski definition) is 1. The number of hydrogen-bond acceptors (Lipinski definition) is 5. The Morgan fingerprint density at radius 1 is 1.00 bits per heavy atom. The van der Waals surface area contributed by atoms with Crippen molar-refractivity contribution in [2.24, 2.45) is 0 Å². The van der Waals surface area contributed by atoms with E-state index >= 15 is 0 Å². The van der Waals surface area contributed by atoms with Gasteiger partial charge in [-0.25, -0.2) is 8.42 Å². The summed E-state index contributed by atoms with van der Waals surface area (Å²) in [5.74, 6) is 0.407.